The molecule has 1 saturated carbocycles. The van der Waals surface area contributed by atoms with E-state index in [-0.39, 0.29) is 5.91 Å². The number of nitrogens with one attached hydrogen (secondary N) is 1. The molecule has 0 aromatic heterocycles. The average molecular weight is 331 g/mol. The zero-order chi connectivity index (χ0) is 16.9. The van der Waals surface area contributed by atoms with E-state index in [0.29, 0.717) is 23.9 Å². The van der Waals surface area contributed by atoms with E-state index in [1.165, 1.54) is 0 Å². The number of rotatable bonds is 6. The van der Waals surface area contributed by atoms with Crippen LogP contribution in [0.4, 0.5) is 0 Å². The number of amides is 2. The number of carbonyl (C=O) groups excluding carboxylic acids is 2. The van der Waals surface area contributed by atoms with Crippen LogP contribution in [0.5, 0.6) is 5.75 Å². The van der Waals surface area contributed by atoms with Gasteiger partial charge in [-0.15, -0.1) is 0 Å². The van der Waals surface area contributed by atoms with Crippen molar-refractivity contribution < 1.29 is 14.3 Å². The van der Waals surface area contributed by atoms with E-state index in [1.54, 1.807) is 31.4 Å². The molecular weight excluding hydrogens is 306 g/mol. The van der Waals surface area contributed by atoms with Gasteiger partial charge in [0.2, 0.25) is 5.91 Å². The molecule has 1 aliphatic heterocycles. The van der Waals surface area contributed by atoms with Gasteiger partial charge >= 0.3 is 0 Å². The largest absolute Gasteiger partial charge is 0.497 e. The number of hydrogen-bond acceptors (Lipinski definition) is 4. The SMILES string of the molecule is COc1ccc(C(=O)NCCN2CCN(C(=O)C3CC3)CC2)cc1. The molecule has 1 N–H and O–H groups in total. The van der Waals surface area contributed by atoms with Crippen LogP contribution in [-0.4, -0.2) is 68.0 Å². The maximum absolute atomic E-state index is 12.1. The van der Waals surface area contributed by atoms with Gasteiger partial charge in [-0.3, -0.25) is 14.5 Å². The van der Waals surface area contributed by atoms with Crippen LogP contribution < -0.4 is 10.1 Å². The van der Waals surface area contributed by atoms with Crippen LogP contribution in [0.25, 0.3) is 0 Å². The van der Waals surface area contributed by atoms with Crippen molar-refractivity contribution in [3.8, 4) is 5.75 Å². The third kappa shape index (κ3) is 4.26. The summed E-state index contributed by atoms with van der Waals surface area (Å²) in [7, 11) is 1.60. The molecule has 130 valence electrons. The Balaban J connectivity index is 1.35. The third-order valence-electron chi connectivity index (χ3n) is 4.68. The van der Waals surface area contributed by atoms with Gasteiger partial charge in [0.05, 0.1) is 7.11 Å². The normalized spacial score (nSPS) is 18.3. The molecule has 2 fully saturated rings. The third-order valence-corrected chi connectivity index (χ3v) is 4.68. The van der Waals surface area contributed by atoms with Crippen molar-refractivity contribution in [1.82, 2.24) is 15.1 Å². The van der Waals surface area contributed by atoms with Crippen LogP contribution in [0.3, 0.4) is 0 Å². The zero-order valence-corrected chi connectivity index (χ0v) is 14.2. The van der Waals surface area contributed by atoms with Crippen molar-refractivity contribution in [1.29, 1.82) is 0 Å². The zero-order valence-electron chi connectivity index (χ0n) is 14.2. The Kier molecular flexibility index (Phi) is 5.35. The fourth-order valence-electron chi connectivity index (χ4n) is 2.95. The minimum Gasteiger partial charge on any atom is -0.497 e. The summed E-state index contributed by atoms with van der Waals surface area (Å²) in [5, 5.41) is 2.94. The van der Waals surface area contributed by atoms with Crippen molar-refractivity contribution >= 4 is 11.8 Å². The van der Waals surface area contributed by atoms with Crippen LogP contribution in [0, 0.1) is 5.92 Å². The number of benzene rings is 1. The predicted octanol–water partition coefficient (Wildman–Crippen LogP) is 0.979. The van der Waals surface area contributed by atoms with E-state index in [9.17, 15) is 9.59 Å². The number of nitrogens with zero attached hydrogens (tertiary/aromatic N) is 2. The summed E-state index contributed by atoms with van der Waals surface area (Å²) in [5.41, 5.74) is 0.635. The first-order valence-electron chi connectivity index (χ1n) is 8.61. The molecule has 2 amide bonds. The van der Waals surface area contributed by atoms with Gasteiger partial charge in [0.1, 0.15) is 5.75 Å². The number of methoxy groups -OCH3 is 1. The molecule has 1 saturated heterocycles. The number of carbonyl (C=O) groups is 2. The van der Waals surface area contributed by atoms with E-state index in [4.69, 9.17) is 4.74 Å². The quantitative estimate of drug-likeness (QED) is 0.844. The Morgan fingerprint density at radius 1 is 1.12 bits per heavy atom. The molecule has 3 rings (SSSR count). The first kappa shape index (κ1) is 16.8. The van der Waals surface area contributed by atoms with Crippen LogP contribution in [0.15, 0.2) is 24.3 Å². The van der Waals surface area contributed by atoms with Crippen LogP contribution in [0.2, 0.25) is 0 Å². The lowest BCUT2D eigenvalue weighted by atomic mass is 10.2. The maximum Gasteiger partial charge on any atom is 0.251 e. The van der Waals surface area contributed by atoms with Crippen molar-refractivity contribution in [3.05, 3.63) is 29.8 Å². The highest BCUT2D eigenvalue weighted by Gasteiger charge is 2.34. The van der Waals surface area contributed by atoms with Crippen molar-refractivity contribution in [2.75, 3.05) is 46.4 Å². The lowest BCUT2D eigenvalue weighted by Crippen LogP contribution is -2.50. The maximum atomic E-state index is 12.1. The molecule has 6 heteroatoms. The average Bonchev–Trinajstić information content (AvgIpc) is 3.47. The smallest absolute Gasteiger partial charge is 0.251 e. The molecular formula is C18H25N3O3. The summed E-state index contributed by atoms with van der Waals surface area (Å²) in [4.78, 5) is 28.4. The molecule has 0 atom stereocenters. The monoisotopic (exact) mass is 331 g/mol. The Labute approximate surface area is 142 Å². The molecule has 24 heavy (non-hydrogen) atoms. The number of hydrogen-bond donors (Lipinski definition) is 1. The lowest BCUT2D eigenvalue weighted by molar-refractivity contribution is -0.134. The molecule has 6 nitrogen and oxygen atoms in total. The molecule has 0 bridgehead atoms. The Morgan fingerprint density at radius 2 is 1.79 bits per heavy atom. The van der Waals surface area contributed by atoms with E-state index < -0.39 is 0 Å². The van der Waals surface area contributed by atoms with E-state index in [2.05, 4.69) is 10.2 Å². The second-order valence-corrected chi connectivity index (χ2v) is 6.43. The minimum atomic E-state index is -0.0693. The lowest BCUT2D eigenvalue weighted by Gasteiger charge is -2.34. The summed E-state index contributed by atoms with van der Waals surface area (Å²) in [5.74, 6) is 1.31. The van der Waals surface area contributed by atoms with Crippen LogP contribution in [-0.2, 0) is 4.79 Å². The molecule has 1 aromatic rings. The fourth-order valence-corrected chi connectivity index (χ4v) is 2.95. The van der Waals surface area contributed by atoms with Crippen molar-refractivity contribution in [2.45, 2.75) is 12.8 Å². The second kappa shape index (κ2) is 7.66. The summed E-state index contributed by atoms with van der Waals surface area (Å²) >= 11 is 0. The topological polar surface area (TPSA) is 61.9 Å². The predicted molar refractivity (Wildman–Crippen MR) is 91.1 cm³/mol. The number of piperazine rings is 1. The molecule has 1 heterocycles. The van der Waals surface area contributed by atoms with Crippen LogP contribution in [0.1, 0.15) is 23.2 Å². The Morgan fingerprint density at radius 3 is 2.38 bits per heavy atom. The van der Waals surface area contributed by atoms with Gasteiger partial charge in [-0.25, -0.2) is 0 Å². The van der Waals surface area contributed by atoms with Crippen molar-refractivity contribution in [2.24, 2.45) is 5.92 Å². The van der Waals surface area contributed by atoms with Gasteiger partial charge < -0.3 is 15.0 Å². The summed E-state index contributed by atoms with van der Waals surface area (Å²) in [6.07, 6.45) is 2.13. The fraction of sp³-hybridized carbons (Fsp3) is 0.556. The van der Waals surface area contributed by atoms with Gasteiger partial charge in [-0.1, -0.05) is 0 Å². The first-order chi connectivity index (χ1) is 11.7. The van der Waals surface area contributed by atoms with E-state index >= 15 is 0 Å². The molecule has 2 aliphatic rings. The summed E-state index contributed by atoms with van der Waals surface area (Å²) < 4.78 is 5.09. The van der Waals surface area contributed by atoms with Gasteiger partial charge in [-0.05, 0) is 37.1 Å². The van der Waals surface area contributed by atoms with E-state index in [0.717, 1.165) is 51.3 Å². The molecule has 0 unspecified atom stereocenters. The highest BCUT2D eigenvalue weighted by Crippen LogP contribution is 2.31. The van der Waals surface area contributed by atoms with Crippen molar-refractivity contribution in [3.63, 3.8) is 0 Å². The second-order valence-electron chi connectivity index (χ2n) is 6.43. The molecule has 0 radical (unpaired) electrons. The highest BCUT2D eigenvalue weighted by atomic mass is 16.5. The standard InChI is InChI=1S/C18H25N3O3/c1-24-16-6-4-14(5-7-16)17(22)19-8-9-20-10-12-21(13-11-20)18(23)15-2-3-15/h4-7,15H,2-3,8-13H2,1H3,(H,19,22). The van der Waals surface area contributed by atoms with Gasteiger partial charge in [0.15, 0.2) is 0 Å². The first-order valence-corrected chi connectivity index (χ1v) is 8.61. The Hall–Kier alpha value is -2.08. The van der Waals surface area contributed by atoms with Crippen LogP contribution >= 0.6 is 0 Å². The van der Waals surface area contributed by atoms with Gasteiger partial charge in [0, 0.05) is 50.7 Å². The number of ether oxygens (including phenoxy) is 1. The van der Waals surface area contributed by atoms with E-state index in [1.807, 2.05) is 4.90 Å². The minimum absolute atomic E-state index is 0.0693. The highest BCUT2D eigenvalue weighted by molar-refractivity contribution is 5.94. The van der Waals surface area contributed by atoms with Gasteiger partial charge in [0.25, 0.3) is 5.91 Å². The molecule has 0 spiro atoms. The summed E-state index contributed by atoms with van der Waals surface area (Å²) in [6, 6.07) is 7.09. The Bertz CT molecular complexity index is 576. The molecule has 1 aromatic carbocycles. The van der Waals surface area contributed by atoms with Gasteiger partial charge in [-0.2, -0.15) is 0 Å². The summed E-state index contributed by atoms with van der Waals surface area (Å²) in [6.45, 7) is 4.81. The molecule has 1 aliphatic carbocycles.